The van der Waals surface area contributed by atoms with E-state index in [-0.39, 0.29) is 30.2 Å². The molecule has 0 saturated carbocycles. The van der Waals surface area contributed by atoms with Crippen molar-refractivity contribution in [3.05, 3.63) is 54.6 Å². The molecule has 3 rings (SSSR count). The molecule has 1 aromatic carbocycles. The molecule has 0 radical (unpaired) electrons. The van der Waals surface area contributed by atoms with E-state index in [0.29, 0.717) is 12.8 Å². The molecule has 26 heavy (non-hydrogen) atoms. The van der Waals surface area contributed by atoms with Crippen LogP contribution in [-0.4, -0.2) is 36.4 Å². The van der Waals surface area contributed by atoms with E-state index in [1.165, 1.54) is 6.08 Å². The monoisotopic (exact) mass is 373 g/mol. The number of hydrogen-bond acceptors (Lipinski definition) is 4. The summed E-state index contributed by atoms with van der Waals surface area (Å²) in [6.45, 7) is 5.49. The van der Waals surface area contributed by atoms with Crippen molar-refractivity contribution in [3.63, 3.8) is 0 Å². The molecule has 1 aliphatic carbocycles. The molecule has 1 aliphatic heterocycles. The van der Waals surface area contributed by atoms with E-state index >= 15 is 0 Å². The minimum Gasteiger partial charge on any atom is -0.277 e. The largest absolute Gasteiger partial charge is 0.277 e. The van der Waals surface area contributed by atoms with E-state index < -0.39 is 26.4 Å². The molecule has 1 heterocycles. The number of carbonyl (C=O) groups excluding carboxylic acids is 2. The first-order chi connectivity index (χ1) is 12.3. The van der Waals surface area contributed by atoms with E-state index in [2.05, 4.69) is 6.58 Å². The number of sulfone groups is 1. The normalized spacial score (nSPS) is 26.3. The van der Waals surface area contributed by atoms with Crippen LogP contribution in [-0.2, 0) is 19.4 Å². The van der Waals surface area contributed by atoms with Crippen molar-refractivity contribution in [1.29, 1.82) is 0 Å². The minimum atomic E-state index is -3.98. The second-order valence-electron chi connectivity index (χ2n) is 6.96. The van der Waals surface area contributed by atoms with Gasteiger partial charge < -0.3 is 0 Å². The van der Waals surface area contributed by atoms with Gasteiger partial charge in [-0.3, -0.25) is 14.5 Å². The number of hydrogen-bond donors (Lipinski definition) is 0. The van der Waals surface area contributed by atoms with Crippen LogP contribution in [0.25, 0.3) is 0 Å². The molecule has 6 heteroatoms. The van der Waals surface area contributed by atoms with Crippen LogP contribution < -0.4 is 0 Å². The van der Waals surface area contributed by atoms with Crippen molar-refractivity contribution in [3.8, 4) is 0 Å². The first-order valence-corrected chi connectivity index (χ1v) is 10.2. The first-order valence-electron chi connectivity index (χ1n) is 8.76. The maximum Gasteiger partial charge on any atom is 0.251 e. The molecule has 138 valence electrons. The van der Waals surface area contributed by atoms with Gasteiger partial charge in [-0.25, -0.2) is 8.42 Å². The lowest BCUT2D eigenvalue weighted by molar-refractivity contribution is -0.152. The van der Waals surface area contributed by atoms with Crippen LogP contribution in [0, 0.1) is 12.8 Å². The smallest absolute Gasteiger partial charge is 0.251 e. The second kappa shape index (κ2) is 6.83. The quantitative estimate of drug-likeness (QED) is 0.601. The van der Waals surface area contributed by atoms with Crippen LogP contribution in [0.4, 0.5) is 0 Å². The average molecular weight is 373 g/mol. The molecule has 2 atom stereocenters. The molecular weight excluding hydrogens is 350 g/mol. The van der Waals surface area contributed by atoms with Crippen molar-refractivity contribution in [2.24, 2.45) is 5.92 Å². The average Bonchev–Trinajstić information content (AvgIpc) is 2.82. The molecule has 0 N–H and O–H groups in total. The second-order valence-corrected chi connectivity index (χ2v) is 9.16. The zero-order chi connectivity index (χ0) is 18.9. The van der Waals surface area contributed by atoms with E-state index in [1.54, 1.807) is 30.3 Å². The molecular formula is C20H23NO4S. The van der Waals surface area contributed by atoms with Crippen LogP contribution in [0.15, 0.2) is 54.0 Å². The summed E-state index contributed by atoms with van der Waals surface area (Å²) in [6, 6.07) is 6.55. The highest BCUT2D eigenvalue weighted by atomic mass is 32.2. The Labute approximate surface area is 154 Å². The number of benzene rings is 1. The number of fused-ring (bicyclic) bond motifs is 1. The lowest BCUT2D eigenvalue weighted by atomic mass is 9.80. The van der Waals surface area contributed by atoms with Crippen molar-refractivity contribution in [2.75, 3.05) is 6.54 Å². The number of allylic oxidation sites excluding steroid dienone is 2. The topological polar surface area (TPSA) is 71.5 Å². The summed E-state index contributed by atoms with van der Waals surface area (Å²) in [4.78, 5) is 27.0. The van der Waals surface area contributed by atoms with Gasteiger partial charge in [-0.1, -0.05) is 35.9 Å². The number of amides is 2. The van der Waals surface area contributed by atoms with Crippen molar-refractivity contribution in [2.45, 2.75) is 42.2 Å². The number of aryl methyl sites for hydroxylation is 1. The predicted molar refractivity (Wildman–Crippen MR) is 99.1 cm³/mol. The number of rotatable bonds is 4. The lowest BCUT2D eigenvalue weighted by Gasteiger charge is -2.44. The summed E-state index contributed by atoms with van der Waals surface area (Å²) in [7, 11) is -3.98. The molecule has 5 nitrogen and oxygen atoms in total. The van der Waals surface area contributed by atoms with Crippen LogP contribution in [0.2, 0.25) is 0 Å². The van der Waals surface area contributed by atoms with Crippen LogP contribution in [0.1, 0.15) is 31.2 Å². The Hall–Kier alpha value is -2.21. The molecule has 1 saturated heterocycles. The van der Waals surface area contributed by atoms with E-state index in [1.807, 2.05) is 13.0 Å². The van der Waals surface area contributed by atoms with Crippen molar-refractivity contribution < 1.29 is 18.0 Å². The van der Waals surface area contributed by atoms with E-state index in [0.717, 1.165) is 10.5 Å². The van der Waals surface area contributed by atoms with Gasteiger partial charge in [-0.15, -0.1) is 6.58 Å². The SMILES string of the molecule is C=CCN1C(=O)C[C@H]2CCC=CC[C@]2(S(=O)(=O)c2ccc(C)cc2)C1=O. The Morgan fingerprint density at radius 3 is 2.58 bits per heavy atom. The van der Waals surface area contributed by atoms with Gasteiger partial charge in [-0.05, 0) is 44.2 Å². The fourth-order valence-electron chi connectivity index (χ4n) is 3.95. The van der Waals surface area contributed by atoms with Gasteiger partial charge in [0.25, 0.3) is 5.91 Å². The van der Waals surface area contributed by atoms with Gasteiger partial charge in [0, 0.05) is 13.0 Å². The fourth-order valence-corrected chi connectivity index (χ4v) is 6.16. The molecule has 0 unspecified atom stereocenters. The Bertz CT molecular complexity index is 870. The lowest BCUT2D eigenvalue weighted by Crippen LogP contribution is -2.63. The third kappa shape index (κ3) is 2.72. The van der Waals surface area contributed by atoms with Crippen molar-refractivity contribution in [1.82, 2.24) is 4.90 Å². The predicted octanol–water partition coefficient (Wildman–Crippen LogP) is 2.81. The zero-order valence-electron chi connectivity index (χ0n) is 14.8. The third-order valence-corrected chi connectivity index (χ3v) is 7.91. The van der Waals surface area contributed by atoms with Gasteiger partial charge in [-0.2, -0.15) is 0 Å². The van der Waals surface area contributed by atoms with Crippen LogP contribution in [0.5, 0.6) is 0 Å². The molecule has 2 amide bonds. The summed E-state index contributed by atoms with van der Waals surface area (Å²) in [6.07, 6.45) is 6.44. The number of nitrogens with zero attached hydrogens (tertiary/aromatic N) is 1. The standard InChI is InChI=1S/C20H23NO4S/c1-3-13-21-18(22)14-16-7-5-4-6-12-20(16,19(21)23)26(24,25)17-10-8-15(2)9-11-17/h3-4,6,8-11,16H,1,5,7,12-14H2,2H3/t16-,20-/m1/s1. The van der Waals surface area contributed by atoms with Gasteiger partial charge in [0.1, 0.15) is 0 Å². The fraction of sp³-hybridized carbons (Fsp3) is 0.400. The van der Waals surface area contributed by atoms with Gasteiger partial charge in [0.15, 0.2) is 14.6 Å². The molecule has 0 aromatic heterocycles. The van der Waals surface area contributed by atoms with Gasteiger partial charge in [0.05, 0.1) is 4.90 Å². The van der Waals surface area contributed by atoms with Crippen LogP contribution >= 0.6 is 0 Å². The zero-order valence-corrected chi connectivity index (χ0v) is 15.7. The van der Waals surface area contributed by atoms with Gasteiger partial charge in [0.2, 0.25) is 5.91 Å². The molecule has 0 bridgehead atoms. The summed E-state index contributed by atoms with van der Waals surface area (Å²) in [5, 5.41) is 0. The van der Waals surface area contributed by atoms with Gasteiger partial charge >= 0.3 is 0 Å². The number of imide groups is 1. The summed E-state index contributed by atoms with van der Waals surface area (Å²) >= 11 is 0. The Morgan fingerprint density at radius 2 is 1.92 bits per heavy atom. The molecule has 1 aromatic rings. The number of likely N-dealkylation sites (tertiary alicyclic amines) is 1. The highest BCUT2D eigenvalue weighted by Crippen LogP contribution is 2.46. The highest BCUT2D eigenvalue weighted by molar-refractivity contribution is 7.93. The van der Waals surface area contributed by atoms with Crippen molar-refractivity contribution >= 4 is 21.7 Å². The minimum absolute atomic E-state index is 0.0271. The molecule has 0 spiro atoms. The summed E-state index contributed by atoms with van der Waals surface area (Å²) in [5.74, 6) is -1.47. The van der Waals surface area contributed by atoms with E-state index in [4.69, 9.17) is 0 Å². The number of carbonyl (C=O) groups is 2. The van der Waals surface area contributed by atoms with E-state index in [9.17, 15) is 18.0 Å². The Kier molecular flexibility index (Phi) is 4.88. The van der Waals surface area contributed by atoms with Crippen LogP contribution in [0.3, 0.4) is 0 Å². The first kappa shape index (κ1) is 18.6. The number of piperidine rings is 1. The summed E-state index contributed by atoms with van der Waals surface area (Å²) in [5.41, 5.74) is 0.942. The molecule has 1 fully saturated rings. The highest BCUT2D eigenvalue weighted by Gasteiger charge is 2.61. The Morgan fingerprint density at radius 1 is 1.23 bits per heavy atom. The third-order valence-electron chi connectivity index (χ3n) is 5.38. The Balaban J connectivity index is 2.20. The maximum atomic E-state index is 13.7. The maximum absolute atomic E-state index is 13.7. The molecule has 2 aliphatic rings. The summed E-state index contributed by atoms with van der Waals surface area (Å²) < 4.78 is 25.7.